The first-order chi connectivity index (χ1) is 12.5. The number of rotatable bonds is 7. The SMILES string of the molecule is Cc1ccccc1S(=O)(=O)Nc1ccc(NCCc2ccccc2)nc1. The van der Waals surface area contributed by atoms with Gasteiger partial charge in [-0.25, -0.2) is 13.4 Å². The molecule has 0 fully saturated rings. The van der Waals surface area contributed by atoms with Gasteiger partial charge in [-0.1, -0.05) is 48.5 Å². The standard InChI is InChI=1S/C20H21N3O2S/c1-16-7-5-6-10-19(16)26(24,25)23-18-11-12-20(22-15-18)21-14-13-17-8-3-2-4-9-17/h2-12,15,23H,13-14H2,1H3,(H,21,22). The van der Waals surface area contributed by atoms with Crippen LogP contribution in [-0.2, 0) is 16.4 Å². The molecule has 3 rings (SSSR count). The minimum atomic E-state index is -3.62. The summed E-state index contributed by atoms with van der Waals surface area (Å²) in [5.74, 6) is 0.708. The van der Waals surface area contributed by atoms with Crippen LogP contribution in [0.15, 0.2) is 77.8 Å². The Hall–Kier alpha value is -2.86. The van der Waals surface area contributed by atoms with Crippen molar-refractivity contribution in [2.24, 2.45) is 0 Å². The van der Waals surface area contributed by atoms with Gasteiger partial charge in [0.15, 0.2) is 0 Å². The lowest BCUT2D eigenvalue weighted by Gasteiger charge is -2.11. The Morgan fingerprint density at radius 1 is 0.923 bits per heavy atom. The summed E-state index contributed by atoms with van der Waals surface area (Å²) in [5, 5.41) is 3.24. The van der Waals surface area contributed by atoms with E-state index in [2.05, 4.69) is 27.2 Å². The van der Waals surface area contributed by atoms with E-state index in [4.69, 9.17) is 0 Å². The number of hydrogen-bond acceptors (Lipinski definition) is 4. The molecule has 0 bridgehead atoms. The maximum absolute atomic E-state index is 12.5. The molecule has 0 saturated heterocycles. The third-order valence-electron chi connectivity index (χ3n) is 3.96. The van der Waals surface area contributed by atoms with E-state index >= 15 is 0 Å². The van der Waals surface area contributed by atoms with Gasteiger partial charge < -0.3 is 5.32 Å². The maximum Gasteiger partial charge on any atom is 0.262 e. The fourth-order valence-corrected chi connectivity index (χ4v) is 3.90. The molecular weight excluding hydrogens is 346 g/mol. The van der Waals surface area contributed by atoms with Gasteiger partial charge in [-0.05, 0) is 42.7 Å². The van der Waals surface area contributed by atoms with Crippen molar-refractivity contribution in [3.8, 4) is 0 Å². The van der Waals surface area contributed by atoms with Crippen LogP contribution in [0, 0.1) is 6.92 Å². The van der Waals surface area contributed by atoms with Crippen molar-refractivity contribution in [2.45, 2.75) is 18.2 Å². The molecule has 26 heavy (non-hydrogen) atoms. The van der Waals surface area contributed by atoms with Gasteiger partial charge in [0.25, 0.3) is 10.0 Å². The summed E-state index contributed by atoms with van der Waals surface area (Å²) in [6.45, 7) is 2.53. The number of sulfonamides is 1. The van der Waals surface area contributed by atoms with Gasteiger partial charge >= 0.3 is 0 Å². The van der Waals surface area contributed by atoms with Crippen LogP contribution >= 0.6 is 0 Å². The van der Waals surface area contributed by atoms with Crippen LogP contribution < -0.4 is 10.0 Å². The van der Waals surface area contributed by atoms with E-state index in [1.54, 1.807) is 37.3 Å². The fraction of sp³-hybridized carbons (Fsp3) is 0.150. The van der Waals surface area contributed by atoms with E-state index in [1.807, 2.05) is 24.3 Å². The molecule has 0 aliphatic rings. The van der Waals surface area contributed by atoms with E-state index < -0.39 is 10.0 Å². The fourth-order valence-electron chi connectivity index (χ4n) is 2.61. The molecule has 2 N–H and O–H groups in total. The molecule has 134 valence electrons. The average molecular weight is 367 g/mol. The third-order valence-corrected chi connectivity index (χ3v) is 5.50. The number of benzene rings is 2. The number of anilines is 2. The molecule has 0 aliphatic heterocycles. The van der Waals surface area contributed by atoms with Gasteiger partial charge in [0.1, 0.15) is 5.82 Å². The zero-order valence-electron chi connectivity index (χ0n) is 14.5. The van der Waals surface area contributed by atoms with Crippen LogP contribution in [-0.4, -0.2) is 19.9 Å². The molecule has 6 heteroatoms. The van der Waals surface area contributed by atoms with Crippen LogP contribution in [0.5, 0.6) is 0 Å². The lowest BCUT2D eigenvalue weighted by atomic mass is 10.1. The van der Waals surface area contributed by atoms with E-state index in [9.17, 15) is 8.42 Å². The Bertz CT molecular complexity index is 956. The normalized spacial score (nSPS) is 11.1. The van der Waals surface area contributed by atoms with Crippen LogP contribution in [0.1, 0.15) is 11.1 Å². The summed E-state index contributed by atoms with van der Waals surface area (Å²) in [7, 11) is -3.62. The molecule has 0 unspecified atom stereocenters. The summed E-state index contributed by atoms with van der Waals surface area (Å²) in [6, 6.07) is 20.5. The van der Waals surface area contributed by atoms with Crippen molar-refractivity contribution in [2.75, 3.05) is 16.6 Å². The molecular formula is C20H21N3O2S. The zero-order chi connectivity index (χ0) is 18.4. The molecule has 1 aromatic heterocycles. The molecule has 0 amide bonds. The Balaban J connectivity index is 1.60. The number of nitrogens with one attached hydrogen (secondary N) is 2. The summed E-state index contributed by atoms with van der Waals surface area (Å²) in [6.07, 6.45) is 2.41. The first-order valence-electron chi connectivity index (χ1n) is 8.37. The second-order valence-electron chi connectivity index (χ2n) is 5.97. The average Bonchev–Trinajstić information content (AvgIpc) is 2.64. The van der Waals surface area contributed by atoms with Crippen LogP contribution in [0.3, 0.4) is 0 Å². The first kappa shape index (κ1) is 17.9. The van der Waals surface area contributed by atoms with Gasteiger partial charge in [0, 0.05) is 6.54 Å². The lowest BCUT2D eigenvalue weighted by molar-refractivity contribution is 0.600. The van der Waals surface area contributed by atoms with E-state index in [0.717, 1.165) is 13.0 Å². The Morgan fingerprint density at radius 3 is 2.35 bits per heavy atom. The summed E-state index contributed by atoms with van der Waals surface area (Å²) in [5.41, 5.74) is 2.39. The van der Waals surface area contributed by atoms with E-state index in [-0.39, 0.29) is 4.90 Å². The van der Waals surface area contributed by atoms with Gasteiger partial charge in [0.2, 0.25) is 0 Å². The van der Waals surface area contributed by atoms with E-state index in [1.165, 1.54) is 11.8 Å². The van der Waals surface area contributed by atoms with Crippen molar-refractivity contribution >= 4 is 21.5 Å². The highest BCUT2D eigenvalue weighted by Gasteiger charge is 2.16. The molecule has 0 aliphatic carbocycles. The summed E-state index contributed by atoms with van der Waals surface area (Å²) < 4.78 is 27.5. The predicted octanol–water partition coefficient (Wildman–Crippen LogP) is 3.85. The molecule has 0 saturated carbocycles. The minimum Gasteiger partial charge on any atom is -0.370 e. The third kappa shape index (κ3) is 4.61. The maximum atomic E-state index is 12.5. The van der Waals surface area contributed by atoms with Gasteiger partial charge in [0.05, 0.1) is 16.8 Å². The highest BCUT2D eigenvalue weighted by molar-refractivity contribution is 7.92. The topological polar surface area (TPSA) is 71.1 Å². The van der Waals surface area contributed by atoms with Gasteiger partial charge in [-0.3, -0.25) is 4.72 Å². The lowest BCUT2D eigenvalue weighted by Crippen LogP contribution is -2.14. The molecule has 0 atom stereocenters. The van der Waals surface area contributed by atoms with Gasteiger partial charge in [-0.15, -0.1) is 0 Å². The Morgan fingerprint density at radius 2 is 1.65 bits per heavy atom. The molecule has 5 nitrogen and oxygen atoms in total. The number of pyridine rings is 1. The van der Waals surface area contributed by atoms with Crippen molar-refractivity contribution in [1.82, 2.24) is 4.98 Å². The van der Waals surface area contributed by atoms with E-state index in [0.29, 0.717) is 17.1 Å². The Kier molecular flexibility index (Phi) is 5.53. The van der Waals surface area contributed by atoms with Crippen molar-refractivity contribution in [3.05, 3.63) is 84.1 Å². The molecule has 3 aromatic rings. The largest absolute Gasteiger partial charge is 0.370 e. The second-order valence-corrected chi connectivity index (χ2v) is 7.62. The highest BCUT2D eigenvalue weighted by Crippen LogP contribution is 2.19. The summed E-state index contributed by atoms with van der Waals surface area (Å²) in [4.78, 5) is 4.54. The van der Waals surface area contributed by atoms with Crippen LogP contribution in [0.2, 0.25) is 0 Å². The number of aromatic nitrogens is 1. The van der Waals surface area contributed by atoms with Crippen LogP contribution in [0.25, 0.3) is 0 Å². The number of nitrogens with zero attached hydrogens (tertiary/aromatic N) is 1. The first-order valence-corrected chi connectivity index (χ1v) is 9.85. The summed E-state index contributed by atoms with van der Waals surface area (Å²) >= 11 is 0. The quantitative estimate of drug-likeness (QED) is 0.665. The van der Waals surface area contributed by atoms with Crippen molar-refractivity contribution in [3.63, 3.8) is 0 Å². The van der Waals surface area contributed by atoms with Crippen molar-refractivity contribution in [1.29, 1.82) is 0 Å². The monoisotopic (exact) mass is 367 g/mol. The zero-order valence-corrected chi connectivity index (χ0v) is 15.3. The van der Waals surface area contributed by atoms with Crippen LogP contribution in [0.4, 0.5) is 11.5 Å². The number of hydrogen-bond donors (Lipinski definition) is 2. The Labute approximate surface area is 154 Å². The number of aryl methyl sites for hydroxylation is 1. The smallest absolute Gasteiger partial charge is 0.262 e. The van der Waals surface area contributed by atoms with Crippen molar-refractivity contribution < 1.29 is 8.42 Å². The van der Waals surface area contributed by atoms with Gasteiger partial charge in [-0.2, -0.15) is 0 Å². The second kappa shape index (κ2) is 8.01. The molecule has 0 radical (unpaired) electrons. The molecule has 2 aromatic carbocycles. The minimum absolute atomic E-state index is 0.269. The molecule has 0 spiro atoms. The predicted molar refractivity (Wildman–Crippen MR) is 105 cm³/mol. The molecule has 1 heterocycles. The highest BCUT2D eigenvalue weighted by atomic mass is 32.2.